The largest absolute Gasteiger partial charge is 0.309 e. The molecule has 0 unspecified atom stereocenters. The topological polar surface area (TPSA) is 12.0 Å². The second kappa shape index (κ2) is 3.08. The molecule has 1 N–H and O–H groups in total. The Labute approximate surface area is 91.9 Å². The molecule has 0 radical (unpaired) electrons. The SMILES string of the molecule is Cc1ccc2c(c1)[C@H]1NCCC[C@@]1(C)C2. The molecule has 80 valence electrons. The summed E-state index contributed by atoms with van der Waals surface area (Å²) in [4.78, 5) is 0. The molecular weight excluding hydrogens is 182 g/mol. The lowest BCUT2D eigenvalue weighted by Crippen LogP contribution is -2.38. The number of benzene rings is 1. The Morgan fingerprint density at radius 3 is 3.13 bits per heavy atom. The lowest BCUT2D eigenvalue weighted by molar-refractivity contribution is 0.178. The van der Waals surface area contributed by atoms with Gasteiger partial charge in [-0.2, -0.15) is 0 Å². The van der Waals surface area contributed by atoms with Crippen molar-refractivity contribution in [2.24, 2.45) is 5.41 Å². The van der Waals surface area contributed by atoms with Gasteiger partial charge in [0.1, 0.15) is 0 Å². The fourth-order valence-electron chi connectivity index (χ4n) is 3.38. The number of piperidine rings is 1. The molecule has 1 aliphatic carbocycles. The third-order valence-corrected chi connectivity index (χ3v) is 4.18. The predicted molar refractivity (Wildman–Crippen MR) is 63.0 cm³/mol. The van der Waals surface area contributed by atoms with Crippen molar-refractivity contribution in [1.29, 1.82) is 0 Å². The Balaban J connectivity index is 2.08. The lowest BCUT2D eigenvalue weighted by atomic mass is 9.76. The zero-order valence-corrected chi connectivity index (χ0v) is 9.64. The number of aryl methyl sites for hydroxylation is 1. The standard InChI is InChI=1S/C14H19N/c1-10-4-5-11-9-14(2)6-3-7-15-13(14)12(11)8-10/h4-5,8,13,15H,3,6-7,9H2,1-2H3/t13-,14+/m1/s1. The summed E-state index contributed by atoms with van der Waals surface area (Å²) in [7, 11) is 0. The van der Waals surface area contributed by atoms with E-state index in [-0.39, 0.29) is 0 Å². The first-order valence-electron chi connectivity index (χ1n) is 6.02. The molecule has 0 bridgehead atoms. The van der Waals surface area contributed by atoms with E-state index in [1.807, 2.05) is 0 Å². The molecule has 2 aliphatic rings. The van der Waals surface area contributed by atoms with Crippen LogP contribution < -0.4 is 5.32 Å². The molecule has 1 nitrogen and oxygen atoms in total. The summed E-state index contributed by atoms with van der Waals surface area (Å²) in [6.45, 7) is 5.82. The average molecular weight is 201 g/mol. The molecule has 15 heavy (non-hydrogen) atoms. The van der Waals surface area contributed by atoms with Gasteiger partial charge < -0.3 is 5.32 Å². The highest BCUT2D eigenvalue weighted by Crippen LogP contribution is 2.50. The van der Waals surface area contributed by atoms with Crippen LogP contribution in [0.3, 0.4) is 0 Å². The minimum absolute atomic E-state index is 0.481. The van der Waals surface area contributed by atoms with E-state index in [4.69, 9.17) is 0 Å². The number of nitrogens with one attached hydrogen (secondary N) is 1. The van der Waals surface area contributed by atoms with Gasteiger partial charge in [0, 0.05) is 6.04 Å². The Morgan fingerprint density at radius 1 is 1.40 bits per heavy atom. The van der Waals surface area contributed by atoms with Crippen molar-refractivity contribution in [2.75, 3.05) is 6.54 Å². The zero-order chi connectivity index (χ0) is 10.5. The van der Waals surface area contributed by atoms with Crippen molar-refractivity contribution in [3.05, 3.63) is 34.9 Å². The minimum atomic E-state index is 0.481. The van der Waals surface area contributed by atoms with Gasteiger partial charge in [-0.25, -0.2) is 0 Å². The van der Waals surface area contributed by atoms with E-state index in [1.54, 1.807) is 11.1 Å². The maximum atomic E-state index is 3.70. The maximum Gasteiger partial charge on any atom is 0.0380 e. The van der Waals surface area contributed by atoms with Crippen LogP contribution in [0.4, 0.5) is 0 Å². The highest BCUT2D eigenvalue weighted by Gasteiger charge is 2.43. The summed E-state index contributed by atoms with van der Waals surface area (Å²) in [6.07, 6.45) is 3.97. The first kappa shape index (κ1) is 9.41. The van der Waals surface area contributed by atoms with Crippen LogP contribution in [0.5, 0.6) is 0 Å². The van der Waals surface area contributed by atoms with Crippen molar-refractivity contribution in [3.8, 4) is 0 Å². The number of hydrogen-bond donors (Lipinski definition) is 1. The van der Waals surface area contributed by atoms with Crippen molar-refractivity contribution >= 4 is 0 Å². The molecule has 1 fully saturated rings. The van der Waals surface area contributed by atoms with Gasteiger partial charge in [-0.15, -0.1) is 0 Å². The van der Waals surface area contributed by atoms with Crippen LogP contribution in [0.15, 0.2) is 18.2 Å². The Kier molecular flexibility index (Phi) is 1.93. The van der Waals surface area contributed by atoms with Gasteiger partial charge in [-0.05, 0) is 49.3 Å². The summed E-state index contributed by atoms with van der Waals surface area (Å²) in [5.41, 5.74) is 5.01. The molecular formula is C14H19N. The van der Waals surface area contributed by atoms with E-state index >= 15 is 0 Å². The monoisotopic (exact) mass is 201 g/mol. The summed E-state index contributed by atoms with van der Waals surface area (Å²) in [6, 6.07) is 7.57. The highest BCUT2D eigenvalue weighted by atomic mass is 15.0. The van der Waals surface area contributed by atoms with Crippen molar-refractivity contribution in [2.45, 2.75) is 39.2 Å². The smallest absolute Gasteiger partial charge is 0.0380 e. The van der Waals surface area contributed by atoms with E-state index in [0.29, 0.717) is 11.5 Å². The van der Waals surface area contributed by atoms with Crippen LogP contribution >= 0.6 is 0 Å². The number of fused-ring (bicyclic) bond motifs is 3. The summed E-state index contributed by atoms with van der Waals surface area (Å²) < 4.78 is 0. The maximum absolute atomic E-state index is 3.70. The molecule has 1 aromatic carbocycles. The summed E-state index contributed by atoms with van der Waals surface area (Å²) >= 11 is 0. The highest BCUT2D eigenvalue weighted by molar-refractivity contribution is 5.40. The lowest BCUT2D eigenvalue weighted by Gasteiger charge is -2.37. The van der Waals surface area contributed by atoms with Crippen LogP contribution in [0.25, 0.3) is 0 Å². The molecule has 0 spiro atoms. The van der Waals surface area contributed by atoms with Crippen LogP contribution in [0, 0.1) is 12.3 Å². The molecule has 1 aliphatic heterocycles. The van der Waals surface area contributed by atoms with Gasteiger partial charge >= 0.3 is 0 Å². The normalized spacial score (nSPS) is 33.6. The Bertz CT molecular complexity index is 396. The predicted octanol–water partition coefficient (Wildman–Crippen LogP) is 2.98. The number of hydrogen-bond acceptors (Lipinski definition) is 1. The van der Waals surface area contributed by atoms with Crippen LogP contribution in [-0.4, -0.2) is 6.54 Å². The van der Waals surface area contributed by atoms with Gasteiger partial charge in [-0.1, -0.05) is 30.7 Å². The van der Waals surface area contributed by atoms with E-state index in [2.05, 4.69) is 37.4 Å². The molecule has 1 heterocycles. The van der Waals surface area contributed by atoms with Crippen molar-refractivity contribution < 1.29 is 0 Å². The molecule has 1 aromatic rings. The van der Waals surface area contributed by atoms with Gasteiger partial charge in [0.05, 0.1) is 0 Å². The van der Waals surface area contributed by atoms with Crippen molar-refractivity contribution in [1.82, 2.24) is 5.32 Å². The van der Waals surface area contributed by atoms with Crippen LogP contribution in [-0.2, 0) is 6.42 Å². The van der Waals surface area contributed by atoms with Gasteiger partial charge in [0.15, 0.2) is 0 Å². The van der Waals surface area contributed by atoms with E-state index in [1.165, 1.54) is 31.4 Å². The first-order chi connectivity index (χ1) is 7.19. The fourth-order valence-corrected chi connectivity index (χ4v) is 3.38. The zero-order valence-electron chi connectivity index (χ0n) is 9.64. The summed E-state index contributed by atoms with van der Waals surface area (Å²) in [5, 5.41) is 3.70. The van der Waals surface area contributed by atoms with E-state index in [0.717, 1.165) is 0 Å². The molecule has 0 amide bonds. The third kappa shape index (κ3) is 1.33. The van der Waals surface area contributed by atoms with Crippen molar-refractivity contribution in [3.63, 3.8) is 0 Å². The van der Waals surface area contributed by atoms with Crippen LogP contribution in [0.2, 0.25) is 0 Å². The number of rotatable bonds is 0. The second-order valence-electron chi connectivity index (χ2n) is 5.52. The Morgan fingerprint density at radius 2 is 2.27 bits per heavy atom. The molecule has 1 saturated heterocycles. The molecule has 2 atom stereocenters. The quantitative estimate of drug-likeness (QED) is 0.680. The summed E-state index contributed by atoms with van der Waals surface area (Å²) in [5.74, 6) is 0. The average Bonchev–Trinajstić information content (AvgIpc) is 2.50. The van der Waals surface area contributed by atoms with Gasteiger partial charge in [-0.3, -0.25) is 0 Å². The van der Waals surface area contributed by atoms with Gasteiger partial charge in [0.25, 0.3) is 0 Å². The first-order valence-corrected chi connectivity index (χ1v) is 6.02. The molecule has 3 rings (SSSR count). The van der Waals surface area contributed by atoms with E-state index < -0.39 is 0 Å². The third-order valence-electron chi connectivity index (χ3n) is 4.18. The second-order valence-corrected chi connectivity index (χ2v) is 5.52. The van der Waals surface area contributed by atoms with Gasteiger partial charge in [0.2, 0.25) is 0 Å². The fraction of sp³-hybridized carbons (Fsp3) is 0.571. The van der Waals surface area contributed by atoms with Crippen LogP contribution in [0.1, 0.15) is 42.5 Å². The molecule has 1 heteroatoms. The minimum Gasteiger partial charge on any atom is -0.309 e. The molecule has 0 aromatic heterocycles. The Hall–Kier alpha value is -0.820. The van der Waals surface area contributed by atoms with E-state index in [9.17, 15) is 0 Å². The molecule has 0 saturated carbocycles.